The number of nitro benzene ring substituents is 1. The van der Waals surface area contributed by atoms with E-state index in [4.69, 9.17) is 9.47 Å². The minimum atomic E-state index is -0.776. The SMILES string of the molecule is COC(=O)c1cc(OC)c(COCCN2CCCC2)cc1[N+](=O)[O-]. The summed E-state index contributed by atoms with van der Waals surface area (Å²) in [4.78, 5) is 24.6. The number of esters is 1. The molecule has 0 atom stereocenters. The number of methoxy groups -OCH3 is 2. The fourth-order valence-electron chi connectivity index (χ4n) is 2.72. The number of hydrogen-bond donors (Lipinski definition) is 0. The normalized spacial score (nSPS) is 14.6. The zero-order valence-electron chi connectivity index (χ0n) is 13.9. The van der Waals surface area contributed by atoms with Crippen molar-refractivity contribution in [3.05, 3.63) is 33.4 Å². The van der Waals surface area contributed by atoms with E-state index < -0.39 is 10.9 Å². The van der Waals surface area contributed by atoms with Gasteiger partial charge in [0, 0.05) is 24.2 Å². The molecule has 0 saturated carbocycles. The topological polar surface area (TPSA) is 91.1 Å². The molecule has 0 radical (unpaired) electrons. The molecule has 1 heterocycles. The van der Waals surface area contributed by atoms with Gasteiger partial charge >= 0.3 is 5.97 Å². The van der Waals surface area contributed by atoms with E-state index in [-0.39, 0.29) is 17.9 Å². The number of hydrogen-bond acceptors (Lipinski definition) is 7. The van der Waals surface area contributed by atoms with Crippen molar-refractivity contribution < 1.29 is 23.9 Å². The molecule has 0 spiro atoms. The molecule has 1 aliphatic rings. The van der Waals surface area contributed by atoms with E-state index in [1.807, 2.05) is 0 Å². The fraction of sp³-hybridized carbons (Fsp3) is 0.562. The number of carbonyl (C=O) groups excluding carboxylic acids is 1. The maximum absolute atomic E-state index is 11.7. The number of rotatable bonds is 8. The lowest BCUT2D eigenvalue weighted by Gasteiger charge is -2.15. The lowest BCUT2D eigenvalue weighted by molar-refractivity contribution is -0.385. The Bertz CT molecular complexity index is 598. The lowest BCUT2D eigenvalue weighted by Crippen LogP contribution is -2.24. The van der Waals surface area contributed by atoms with Crippen LogP contribution in [0.5, 0.6) is 5.75 Å². The minimum absolute atomic E-state index is 0.139. The van der Waals surface area contributed by atoms with E-state index in [9.17, 15) is 14.9 Å². The van der Waals surface area contributed by atoms with Gasteiger partial charge in [0.2, 0.25) is 0 Å². The Morgan fingerprint density at radius 3 is 2.58 bits per heavy atom. The molecule has 0 N–H and O–H groups in total. The van der Waals surface area contributed by atoms with Crippen LogP contribution in [0.15, 0.2) is 12.1 Å². The molecule has 8 heteroatoms. The number of carbonyl (C=O) groups is 1. The van der Waals surface area contributed by atoms with E-state index in [2.05, 4.69) is 9.64 Å². The Morgan fingerprint density at radius 1 is 1.29 bits per heavy atom. The molecule has 0 bridgehead atoms. The Kier molecular flexibility index (Phi) is 6.51. The largest absolute Gasteiger partial charge is 0.496 e. The number of ether oxygens (including phenoxy) is 3. The van der Waals surface area contributed by atoms with Crippen molar-refractivity contribution in [2.45, 2.75) is 19.4 Å². The van der Waals surface area contributed by atoms with Gasteiger partial charge in [-0.2, -0.15) is 0 Å². The maximum atomic E-state index is 11.7. The van der Waals surface area contributed by atoms with Gasteiger partial charge in [-0.3, -0.25) is 10.1 Å². The highest BCUT2D eigenvalue weighted by Crippen LogP contribution is 2.30. The Labute approximate surface area is 140 Å². The highest BCUT2D eigenvalue weighted by atomic mass is 16.6. The summed E-state index contributed by atoms with van der Waals surface area (Å²) in [5, 5.41) is 11.2. The van der Waals surface area contributed by atoms with Gasteiger partial charge in [0.05, 0.1) is 32.4 Å². The summed E-state index contributed by atoms with van der Waals surface area (Å²) in [7, 11) is 2.61. The molecule has 2 rings (SSSR count). The fourth-order valence-corrected chi connectivity index (χ4v) is 2.72. The minimum Gasteiger partial charge on any atom is -0.496 e. The molecule has 1 aliphatic heterocycles. The number of likely N-dealkylation sites (tertiary alicyclic amines) is 1. The Balaban J connectivity index is 2.08. The van der Waals surface area contributed by atoms with Crippen molar-refractivity contribution in [2.24, 2.45) is 0 Å². The van der Waals surface area contributed by atoms with Gasteiger partial charge in [-0.05, 0) is 25.9 Å². The molecule has 0 aromatic heterocycles. The van der Waals surface area contributed by atoms with E-state index >= 15 is 0 Å². The van der Waals surface area contributed by atoms with Gasteiger partial charge in [0.1, 0.15) is 11.3 Å². The average molecular weight is 338 g/mol. The lowest BCUT2D eigenvalue weighted by atomic mass is 10.1. The molecule has 0 aliphatic carbocycles. The van der Waals surface area contributed by atoms with Crippen LogP contribution < -0.4 is 4.74 Å². The molecule has 1 aromatic rings. The summed E-state index contributed by atoms with van der Waals surface area (Å²) < 4.78 is 15.4. The second-order valence-electron chi connectivity index (χ2n) is 5.53. The Morgan fingerprint density at radius 2 is 2.00 bits per heavy atom. The monoisotopic (exact) mass is 338 g/mol. The zero-order valence-corrected chi connectivity index (χ0v) is 13.9. The first-order valence-corrected chi connectivity index (χ1v) is 7.80. The van der Waals surface area contributed by atoms with Crippen molar-refractivity contribution in [2.75, 3.05) is 40.5 Å². The molecular formula is C16H22N2O6. The molecular weight excluding hydrogens is 316 g/mol. The number of benzene rings is 1. The highest BCUT2D eigenvalue weighted by molar-refractivity contribution is 5.94. The summed E-state index contributed by atoms with van der Waals surface area (Å²) in [6, 6.07) is 2.63. The Hall–Kier alpha value is -2.19. The zero-order chi connectivity index (χ0) is 17.5. The number of nitro groups is 1. The van der Waals surface area contributed by atoms with Crippen molar-refractivity contribution in [3.8, 4) is 5.75 Å². The summed E-state index contributed by atoms with van der Waals surface area (Å²) in [5.41, 5.74) is 0.0687. The first-order valence-electron chi connectivity index (χ1n) is 7.80. The van der Waals surface area contributed by atoms with E-state index in [1.165, 1.54) is 39.2 Å². The summed E-state index contributed by atoms with van der Waals surface area (Å²) in [6.07, 6.45) is 2.43. The second kappa shape index (κ2) is 8.60. The highest BCUT2D eigenvalue weighted by Gasteiger charge is 2.24. The van der Waals surface area contributed by atoms with Crippen LogP contribution in [0.1, 0.15) is 28.8 Å². The van der Waals surface area contributed by atoms with Crippen LogP contribution in [0.4, 0.5) is 5.69 Å². The van der Waals surface area contributed by atoms with Crippen LogP contribution in [0.2, 0.25) is 0 Å². The van der Waals surface area contributed by atoms with Crippen LogP contribution >= 0.6 is 0 Å². The number of nitrogens with zero attached hydrogens (tertiary/aromatic N) is 2. The van der Waals surface area contributed by atoms with Gasteiger partial charge in [0.25, 0.3) is 5.69 Å². The van der Waals surface area contributed by atoms with Gasteiger partial charge in [0.15, 0.2) is 0 Å². The van der Waals surface area contributed by atoms with Crippen molar-refractivity contribution >= 4 is 11.7 Å². The maximum Gasteiger partial charge on any atom is 0.345 e. The van der Waals surface area contributed by atoms with Crippen LogP contribution in [0, 0.1) is 10.1 Å². The van der Waals surface area contributed by atoms with E-state index in [0.717, 1.165) is 19.6 Å². The van der Waals surface area contributed by atoms with E-state index in [0.29, 0.717) is 17.9 Å². The molecule has 8 nitrogen and oxygen atoms in total. The predicted octanol–water partition coefficient (Wildman–Crippen LogP) is 2.00. The second-order valence-corrected chi connectivity index (χ2v) is 5.53. The summed E-state index contributed by atoms with van der Waals surface area (Å²) >= 11 is 0. The molecule has 1 aromatic carbocycles. The third-order valence-corrected chi connectivity index (χ3v) is 4.01. The molecule has 24 heavy (non-hydrogen) atoms. The van der Waals surface area contributed by atoms with Crippen LogP contribution in [-0.4, -0.2) is 56.3 Å². The van der Waals surface area contributed by atoms with Gasteiger partial charge < -0.3 is 19.1 Å². The summed E-state index contributed by atoms with van der Waals surface area (Å²) in [6.45, 7) is 3.73. The summed E-state index contributed by atoms with van der Waals surface area (Å²) in [5.74, 6) is -0.413. The predicted molar refractivity (Wildman–Crippen MR) is 86.3 cm³/mol. The molecule has 1 saturated heterocycles. The smallest absolute Gasteiger partial charge is 0.345 e. The van der Waals surface area contributed by atoms with Gasteiger partial charge in [-0.25, -0.2) is 4.79 Å². The van der Waals surface area contributed by atoms with E-state index in [1.54, 1.807) is 0 Å². The van der Waals surface area contributed by atoms with Crippen LogP contribution in [0.3, 0.4) is 0 Å². The van der Waals surface area contributed by atoms with Crippen molar-refractivity contribution in [1.82, 2.24) is 4.90 Å². The first-order chi connectivity index (χ1) is 11.6. The molecule has 0 amide bonds. The standard InChI is InChI=1S/C16H22N2O6/c1-22-15-10-13(16(19)23-2)14(18(20)21)9-12(15)11-24-8-7-17-5-3-4-6-17/h9-10H,3-8,11H2,1-2H3. The van der Waals surface area contributed by atoms with Crippen LogP contribution in [0.25, 0.3) is 0 Å². The van der Waals surface area contributed by atoms with Gasteiger partial charge in [-0.15, -0.1) is 0 Å². The average Bonchev–Trinajstić information content (AvgIpc) is 3.10. The first kappa shape index (κ1) is 18.2. The third kappa shape index (κ3) is 4.42. The van der Waals surface area contributed by atoms with Crippen molar-refractivity contribution in [3.63, 3.8) is 0 Å². The van der Waals surface area contributed by atoms with Crippen molar-refractivity contribution in [1.29, 1.82) is 0 Å². The molecule has 132 valence electrons. The molecule has 1 fully saturated rings. The van der Waals surface area contributed by atoms with Gasteiger partial charge in [-0.1, -0.05) is 0 Å². The van der Waals surface area contributed by atoms with Crippen LogP contribution in [-0.2, 0) is 16.1 Å². The third-order valence-electron chi connectivity index (χ3n) is 4.01. The quantitative estimate of drug-likeness (QED) is 0.310. The molecule has 0 unspecified atom stereocenters.